The summed E-state index contributed by atoms with van der Waals surface area (Å²) in [6.45, 7) is 6.36. The fourth-order valence-electron chi connectivity index (χ4n) is 2.07. The zero-order chi connectivity index (χ0) is 13.1. The molecule has 1 aromatic rings. The van der Waals surface area contributed by atoms with Gasteiger partial charge in [0.2, 0.25) is 0 Å². The normalized spacial score (nSPS) is 25.0. The zero-order valence-corrected chi connectivity index (χ0v) is 11.5. The molecule has 1 fully saturated rings. The van der Waals surface area contributed by atoms with Crippen molar-refractivity contribution >= 4 is 17.7 Å². The smallest absolute Gasteiger partial charge is 0.337 e. The number of aromatic carboxylic acids is 1. The average Bonchev–Trinajstić information content (AvgIpc) is 2.36. The summed E-state index contributed by atoms with van der Waals surface area (Å²) in [7, 11) is 0. The van der Waals surface area contributed by atoms with Crippen LogP contribution < -0.4 is 0 Å². The maximum Gasteiger partial charge on any atom is 0.337 e. The summed E-state index contributed by atoms with van der Waals surface area (Å²) in [5.74, 6) is 0.226. The van der Waals surface area contributed by atoms with E-state index in [2.05, 4.69) is 23.7 Å². The summed E-state index contributed by atoms with van der Waals surface area (Å²) in [6, 6.07) is 3.96. The highest BCUT2D eigenvalue weighted by atomic mass is 32.2. The molecule has 2 atom stereocenters. The Bertz CT molecular complexity index is 422. The van der Waals surface area contributed by atoms with Crippen LogP contribution in [-0.4, -0.2) is 44.5 Å². The topological polar surface area (TPSA) is 53.4 Å². The summed E-state index contributed by atoms with van der Waals surface area (Å²) < 4.78 is 0. The van der Waals surface area contributed by atoms with Gasteiger partial charge in [0.05, 0.1) is 11.3 Å². The van der Waals surface area contributed by atoms with Crippen LogP contribution in [-0.2, 0) is 6.54 Å². The monoisotopic (exact) mass is 266 g/mol. The quantitative estimate of drug-likeness (QED) is 0.908. The summed E-state index contributed by atoms with van der Waals surface area (Å²) >= 11 is 2.01. The molecule has 2 unspecified atom stereocenters. The van der Waals surface area contributed by atoms with E-state index in [1.54, 1.807) is 6.07 Å². The minimum Gasteiger partial charge on any atom is -0.478 e. The van der Waals surface area contributed by atoms with Crippen molar-refractivity contribution in [1.82, 2.24) is 9.88 Å². The van der Waals surface area contributed by atoms with Crippen molar-refractivity contribution in [3.63, 3.8) is 0 Å². The predicted molar refractivity (Wildman–Crippen MR) is 73.0 cm³/mol. The first-order valence-corrected chi connectivity index (χ1v) is 7.16. The lowest BCUT2D eigenvalue weighted by molar-refractivity contribution is 0.0696. The Morgan fingerprint density at radius 1 is 1.56 bits per heavy atom. The first kappa shape index (κ1) is 13.4. The number of hydrogen-bond acceptors (Lipinski definition) is 4. The number of carbonyl (C=O) groups is 1. The molecule has 2 rings (SSSR count). The molecule has 1 aliphatic heterocycles. The van der Waals surface area contributed by atoms with E-state index in [9.17, 15) is 4.79 Å². The lowest BCUT2D eigenvalue weighted by atomic mass is 10.2. The highest BCUT2D eigenvalue weighted by Crippen LogP contribution is 2.25. The number of carboxylic acids is 1. The number of aromatic nitrogens is 1. The first-order valence-electron chi connectivity index (χ1n) is 6.12. The second-order valence-corrected chi connectivity index (χ2v) is 6.12. The van der Waals surface area contributed by atoms with Crippen molar-refractivity contribution in [3.05, 3.63) is 29.6 Å². The van der Waals surface area contributed by atoms with Gasteiger partial charge in [-0.05, 0) is 19.1 Å². The van der Waals surface area contributed by atoms with Gasteiger partial charge in [-0.25, -0.2) is 4.79 Å². The maximum atomic E-state index is 10.7. The summed E-state index contributed by atoms with van der Waals surface area (Å²) in [6.07, 6.45) is 1.43. The highest BCUT2D eigenvalue weighted by molar-refractivity contribution is 8.00. The Morgan fingerprint density at radius 3 is 2.94 bits per heavy atom. The number of nitrogens with zero attached hydrogens (tertiary/aromatic N) is 2. The van der Waals surface area contributed by atoms with Gasteiger partial charge in [0.15, 0.2) is 0 Å². The lowest BCUT2D eigenvalue weighted by Crippen LogP contribution is -2.44. The molecule has 5 heteroatoms. The van der Waals surface area contributed by atoms with E-state index < -0.39 is 5.97 Å². The minimum absolute atomic E-state index is 0.245. The third kappa shape index (κ3) is 3.03. The molecule has 0 spiro atoms. The van der Waals surface area contributed by atoms with Crippen LogP contribution in [0.1, 0.15) is 29.9 Å². The molecule has 0 radical (unpaired) electrons. The van der Waals surface area contributed by atoms with E-state index in [-0.39, 0.29) is 5.56 Å². The number of rotatable bonds is 3. The molecule has 0 amide bonds. The Labute approximate surface area is 111 Å². The lowest BCUT2D eigenvalue weighted by Gasteiger charge is -2.37. The molecular formula is C13H18N2O2S. The van der Waals surface area contributed by atoms with Gasteiger partial charge in [-0.1, -0.05) is 6.92 Å². The van der Waals surface area contributed by atoms with Crippen LogP contribution in [0.25, 0.3) is 0 Å². The number of carboxylic acid groups (broad SMARTS) is 1. The van der Waals surface area contributed by atoms with Crippen LogP contribution in [0.5, 0.6) is 0 Å². The van der Waals surface area contributed by atoms with Crippen LogP contribution in [0.4, 0.5) is 0 Å². The van der Waals surface area contributed by atoms with E-state index in [1.165, 1.54) is 6.20 Å². The fraction of sp³-hybridized carbons (Fsp3) is 0.538. The Hall–Kier alpha value is -1.07. The zero-order valence-electron chi connectivity index (χ0n) is 10.7. The predicted octanol–water partition coefficient (Wildman–Crippen LogP) is 2.11. The molecule has 1 saturated heterocycles. The summed E-state index contributed by atoms with van der Waals surface area (Å²) in [5, 5.41) is 9.46. The van der Waals surface area contributed by atoms with E-state index in [4.69, 9.17) is 5.11 Å². The number of thioether (sulfide) groups is 1. The highest BCUT2D eigenvalue weighted by Gasteiger charge is 2.25. The molecule has 1 N–H and O–H groups in total. The van der Waals surface area contributed by atoms with Crippen molar-refractivity contribution in [1.29, 1.82) is 0 Å². The molecule has 0 aliphatic carbocycles. The van der Waals surface area contributed by atoms with E-state index in [0.717, 1.165) is 24.5 Å². The van der Waals surface area contributed by atoms with Gasteiger partial charge in [-0.15, -0.1) is 0 Å². The number of hydrogen-bond donors (Lipinski definition) is 1. The molecule has 2 heterocycles. The maximum absolute atomic E-state index is 10.7. The van der Waals surface area contributed by atoms with Crippen molar-refractivity contribution in [2.24, 2.45) is 0 Å². The Balaban J connectivity index is 2.02. The SMILES string of the molecule is CC1SCCN(Cc2ccc(C(=O)O)cn2)C1C. The second kappa shape index (κ2) is 5.71. The first-order chi connectivity index (χ1) is 8.58. The minimum atomic E-state index is -0.926. The molecule has 1 aromatic heterocycles. The molecule has 98 valence electrons. The molecule has 4 nitrogen and oxygen atoms in total. The van der Waals surface area contributed by atoms with Gasteiger partial charge in [0.1, 0.15) is 0 Å². The Morgan fingerprint density at radius 2 is 2.33 bits per heavy atom. The fourth-order valence-corrected chi connectivity index (χ4v) is 3.23. The van der Waals surface area contributed by atoms with Crippen molar-refractivity contribution in [2.75, 3.05) is 12.3 Å². The van der Waals surface area contributed by atoms with Crippen molar-refractivity contribution in [3.8, 4) is 0 Å². The van der Waals surface area contributed by atoms with Gasteiger partial charge < -0.3 is 5.11 Å². The van der Waals surface area contributed by atoms with E-state index in [0.29, 0.717) is 11.3 Å². The summed E-state index contributed by atoms with van der Waals surface area (Å²) in [5.41, 5.74) is 1.18. The van der Waals surface area contributed by atoms with Gasteiger partial charge in [-0.2, -0.15) is 11.8 Å². The van der Waals surface area contributed by atoms with E-state index >= 15 is 0 Å². The van der Waals surface area contributed by atoms with E-state index in [1.807, 2.05) is 17.8 Å². The van der Waals surface area contributed by atoms with Crippen molar-refractivity contribution < 1.29 is 9.90 Å². The third-order valence-electron chi connectivity index (χ3n) is 3.45. The molecule has 18 heavy (non-hydrogen) atoms. The molecule has 0 bridgehead atoms. The standard InChI is InChI=1S/C13H18N2O2S/c1-9-10(2)18-6-5-15(9)8-12-4-3-11(7-14-12)13(16)17/h3-4,7,9-10H,5-6,8H2,1-2H3,(H,16,17). The third-order valence-corrected chi connectivity index (χ3v) is 4.79. The molecule has 0 aromatic carbocycles. The van der Waals surface area contributed by atoms with Crippen LogP contribution in [0, 0.1) is 0 Å². The van der Waals surface area contributed by atoms with Crippen LogP contribution in [0.3, 0.4) is 0 Å². The van der Waals surface area contributed by atoms with Gasteiger partial charge >= 0.3 is 5.97 Å². The van der Waals surface area contributed by atoms with Crippen LogP contribution in [0.15, 0.2) is 18.3 Å². The van der Waals surface area contributed by atoms with Crippen LogP contribution >= 0.6 is 11.8 Å². The average molecular weight is 266 g/mol. The molecule has 1 aliphatic rings. The molecule has 0 saturated carbocycles. The molecular weight excluding hydrogens is 248 g/mol. The van der Waals surface area contributed by atoms with Crippen molar-refractivity contribution in [2.45, 2.75) is 31.7 Å². The van der Waals surface area contributed by atoms with Gasteiger partial charge in [0, 0.05) is 36.3 Å². The largest absolute Gasteiger partial charge is 0.478 e. The Kier molecular flexibility index (Phi) is 4.24. The van der Waals surface area contributed by atoms with Gasteiger partial charge in [0.25, 0.3) is 0 Å². The number of pyridine rings is 1. The summed E-state index contributed by atoms with van der Waals surface area (Å²) in [4.78, 5) is 17.4. The van der Waals surface area contributed by atoms with Gasteiger partial charge in [-0.3, -0.25) is 9.88 Å². The second-order valence-electron chi connectivity index (χ2n) is 4.63. The van der Waals surface area contributed by atoms with Crippen LogP contribution in [0.2, 0.25) is 0 Å².